The summed E-state index contributed by atoms with van der Waals surface area (Å²) in [6.45, 7) is 4.00. The maximum atomic E-state index is 6.50. The molecule has 0 spiro atoms. The zero-order valence-corrected chi connectivity index (χ0v) is 14.4. The van der Waals surface area contributed by atoms with Crippen LogP contribution in [0.25, 0.3) is 0 Å². The summed E-state index contributed by atoms with van der Waals surface area (Å²) < 4.78 is 6.59. The lowest BCUT2D eigenvalue weighted by atomic mass is 10.1. The minimum Gasteiger partial charge on any atom is -0.491 e. The standard InChI is InChI=1S/C14H13BrCl2OS/c1-8(2)18-10-5-3-4-9(6-10)13(17)12-7-11(16)14(15)19-12/h3-8,13H,1-2H3. The highest BCUT2D eigenvalue weighted by molar-refractivity contribution is 9.11. The molecule has 0 aliphatic rings. The van der Waals surface area contributed by atoms with Gasteiger partial charge in [-0.2, -0.15) is 0 Å². The average molecular weight is 380 g/mol. The molecule has 0 saturated heterocycles. The molecule has 102 valence electrons. The summed E-state index contributed by atoms with van der Waals surface area (Å²) in [4.78, 5) is 1.01. The molecule has 19 heavy (non-hydrogen) atoms. The van der Waals surface area contributed by atoms with Crippen LogP contribution in [-0.4, -0.2) is 6.10 Å². The smallest absolute Gasteiger partial charge is 0.120 e. The van der Waals surface area contributed by atoms with Crippen LogP contribution in [-0.2, 0) is 0 Å². The molecule has 0 aliphatic carbocycles. The summed E-state index contributed by atoms with van der Waals surface area (Å²) in [5.41, 5.74) is 1.00. The van der Waals surface area contributed by atoms with E-state index in [0.29, 0.717) is 5.02 Å². The first-order valence-corrected chi connectivity index (χ1v) is 8.25. The Morgan fingerprint density at radius 2 is 2.00 bits per heavy atom. The van der Waals surface area contributed by atoms with E-state index < -0.39 is 0 Å². The Labute approximate surface area is 135 Å². The van der Waals surface area contributed by atoms with Crippen LogP contribution in [0, 0.1) is 0 Å². The number of alkyl halides is 1. The summed E-state index contributed by atoms with van der Waals surface area (Å²) in [5, 5.41) is 0.477. The second kappa shape index (κ2) is 6.49. The molecule has 0 saturated carbocycles. The number of hydrogen-bond donors (Lipinski definition) is 0. The fraction of sp³-hybridized carbons (Fsp3) is 0.286. The molecule has 1 atom stereocenters. The predicted octanol–water partition coefficient (Wildman–Crippen LogP) is 6.28. The molecule has 0 amide bonds. The lowest BCUT2D eigenvalue weighted by Gasteiger charge is -2.13. The van der Waals surface area contributed by atoms with Gasteiger partial charge in [0.05, 0.1) is 20.3 Å². The highest BCUT2D eigenvalue weighted by atomic mass is 79.9. The van der Waals surface area contributed by atoms with E-state index >= 15 is 0 Å². The van der Waals surface area contributed by atoms with E-state index in [2.05, 4.69) is 15.9 Å². The molecule has 1 aromatic heterocycles. The molecule has 0 fully saturated rings. The zero-order valence-electron chi connectivity index (χ0n) is 10.5. The van der Waals surface area contributed by atoms with Crippen molar-refractivity contribution in [2.24, 2.45) is 0 Å². The van der Waals surface area contributed by atoms with Crippen molar-refractivity contribution in [1.29, 1.82) is 0 Å². The van der Waals surface area contributed by atoms with Crippen molar-refractivity contribution in [3.63, 3.8) is 0 Å². The number of thiophene rings is 1. The molecule has 2 aromatic rings. The molecule has 1 aromatic carbocycles. The van der Waals surface area contributed by atoms with Gasteiger partial charge in [-0.1, -0.05) is 23.7 Å². The largest absolute Gasteiger partial charge is 0.491 e. The van der Waals surface area contributed by atoms with Gasteiger partial charge in [-0.15, -0.1) is 22.9 Å². The molecule has 0 bridgehead atoms. The minimum absolute atomic E-state index is 0.148. The molecule has 0 aliphatic heterocycles. The van der Waals surface area contributed by atoms with Gasteiger partial charge in [0.1, 0.15) is 5.75 Å². The summed E-state index contributed by atoms with van der Waals surface area (Å²) in [6, 6.07) is 9.74. The van der Waals surface area contributed by atoms with Crippen molar-refractivity contribution < 1.29 is 4.74 Å². The van der Waals surface area contributed by atoms with Crippen molar-refractivity contribution >= 4 is 50.5 Å². The monoisotopic (exact) mass is 378 g/mol. The van der Waals surface area contributed by atoms with E-state index in [4.69, 9.17) is 27.9 Å². The molecule has 1 heterocycles. The second-order valence-electron chi connectivity index (χ2n) is 4.37. The third-order valence-electron chi connectivity index (χ3n) is 2.44. The summed E-state index contributed by atoms with van der Waals surface area (Å²) in [6.07, 6.45) is 0.148. The van der Waals surface area contributed by atoms with Gasteiger partial charge in [0.25, 0.3) is 0 Å². The Hall–Kier alpha value is -0.220. The Bertz CT molecular complexity index is 549. The van der Waals surface area contributed by atoms with Crippen LogP contribution >= 0.6 is 50.5 Å². The highest BCUT2D eigenvalue weighted by Gasteiger charge is 2.16. The fourth-order valence-corrected chi connectivity index (χ4v) is 3.76. The maximum absolute atomic E-state index is 6.50. The van der Waals surface area contributed by atoms with Crippen LogP contribution in [0.5, 0.6) is 5.75 Å². The van der Waals surface area contributed by atoms with Crippen LogP contribution < -0.4 is 4.74 Å². The van der Waals surface area contributed by atoms with Crippen molar-refractivity contribution in [2.75, 3.05) is 0 Å². The Morgan fingerprint density at radius 1 is 1.26 bits per heavy atom. The van der Waals surface area contributed by atoms with Crippen LogP contribution in [0.2, 0.25) is 5.02 Å². The Morgan fingerprint density at radius 3 is 2.58 bits per heavy atom. The molecule has 5 heteroatoms. The van der Waals surface area contributed by atoms with Gasteiger partial charge < -0.3 is 4.74 Å². The molecule has 1 nitrogen and oxygen atoms in total. The van der Waals surface area contributed by atoms with Gasteiger partial charge in [-0.3, -0.25) is 0 Å². The lowest BCUT2D eigenvalue weighted by Crippen LogP contribution is -2.05. The minimum atomic E-state index is -0.218. The predicted molar refractivity (Wildman–Crippen MR) is 86.9 cm³/mol. The van der Waals surface area contributed by atoms with E-state index in [1.54, 1.807) is 11.3 Å². The fourth-order valence-electron chi connectivity index (χ4n) is 1.67. The number of benzene rings is 1. The lowest BCUT2D eigenvalue weighted by molar-refractivity contribution is 0.242. The summed E-state index contributed by atoms with van der Waals surface area (Å²) in [7, 11) is 0. The van der Waals surface area contributed by atoms with Gasteiger partial charge in [0.2, 0.25) is 0 Å². The Balaban J connectivity index is 2.25. The third kappa shape index (κ3) is 3.88. The Kier molecular flexibility index (Phi) is 5.18. The van der Waals surface area contributed by atoms with E-state index in [0.717, 1.165) is 20.0 Å². The molecule has 0 N–H and O–H groups in total. The van der Waals surface area contributed by atoms with E-state index in [9.17, 15) is 0 Å². The summed E-state index contributed by atoms with van der Waals surface area (Å²) >= 11 is 17.5. The van der Waals surface area contributed by atoms with Gasteiger partial charge >= 0.3 is 0 Å². The molecule has 1 unspecified atom stereocenters. The average Bonchev–Trinajstić information content (AvgIpc) is 2.68. The number of halogens is 3. The number of ether oxygens (including phenoxy) is 1. The van der Waals surface area contributed by atoms with Crippen LogP contribution in [0.15, 0.2) is 34.1 Å². The van der Waals surface area contributed by atoms with Crippen molar-refractivity contribution in [2.45, 2.75) is 25.3 Å². The SMILES string of the molecule is CC(C)Oc1cccc(C(Cl)c2cc(Cl)c(Br)s2)c1. The van der Waals surface area contributed by atoms with Crippen LogP contribution in [0.4, 0.5) is 0 Å². The highest BCUT2D eigenvalue weighted by Crippen LogP contribution is 2.40. The van der Waals surface area contributed by atoms with Crippen molar-refractivity contribution in [3.05, 3.63) is 49.6 Å². The first kappa shape index (κ1) is 15.2. The first-order chi connectivity index (χ1) is 8.97. The van der Waals surface area contributed by atoms with Gasteiger partial charge in [0, 0.05) is 4.88 Å². The molecular weight excluding hydrogens is 367 g/mol. The molecule has 2 rings (SSSR count). The second-order valence-corrected chi connectivity index (χ2v) is 7.62. The van der Waals surface area contributed by atoms with E-state index in [-0.39, 0.29) is 11.5 Å². The number of rotatable bonds is 4. The van der Waals surface area contributed by atoms with Crippen molar-refractivity contribution in [1.82, 2.24) is 0 Å². The normalized spacial score (nSPS) is 12.7. The molecule has 0 radical (unpaired) electrons. The molecular formula is C14H13BrCl2OS. The third-order valence-corrected chi connectivity index (χ3v) is 5.59. The van der Waals surface area contributed by atoms with Crippen LogP contribution in [0.1, 0.15) is 29.7 Å². The van der Waals surface area contributed by atoms with Crippen LogP contribution in [0.3, 0.4) is 0 Å². The topological polar surface area (TPSA) is 9.23 Å². The summed E-state index contributed by atoms with van der Waals surface area (Å²) in [5.74, 6) is 0.833. The maximum Gasteiger partial charge on any atom is 0.120 e. The zero-order chi connectivity index (χ0) is 14.0. The van der Waals surface area contributed by atoms with Gasteiger partial charge in [0.15, 0.2) is 0 Å². The first-order valence-electron chi connectivity index (χ1n) is 5.83. The quantitative estimate of drug-likeness (QED) is 0.568. The van der Waals surface area contributed by atoms with E-state index in [1.165, 1.54) is 0 Å². The van der Waals surface area contributed by atoms with Gasteiger partial charge in [-0.05, 0) is 53.5 Å². The number of hydrogen-bond acceptors (Lipinski definition) is 2. The van der Waals surface area contributed by atoms with Crippen molar-refractivity contribution in [3.8, 4) is 5.75 Å². The van der Waals surface area contributed by atoms with E-state index in [1.807, 2.05) is 44.2 Å². The van der Waals surface area contributed by atoms with Gasteiger partial charge in [-0.25, -0.2) is 0 Å².